The lowest BCUT2D eigenvalue weighted by molar-refractivity contribution is 0.0690. The predicted molar refractivity (Wildman–Crippen MR) is 82.4 cm³/mol. The van der Waals surface area contributed by atoms with Crippen LogP contribution in [0, 0.1) is 5.82 Å². The summed E-state index contributed by atoms with van der Waals surface area (Å²) in [6.45, 7) is 0.224. The van der Waals surface area contributed by atoms with Crippen LogP contribution in [0.2, 0.25) is 0 Å². The van der Waals surface area contributed by atoms with Gasteiger partial charge in [0.2, 0.25) is 0 Å². The molecule has 0 aliphatic rings. The molecule has 0 spiro atoms. The van der Waals surface area contributed by atoms with Crippen LogP contribution in [0.25, 0.3) is 5.65 Å². The second-order valence-corrected chi connectivity index (χ2v) is 4.84. The number of halogens is 1. The summed E-state index contributed by atoms with van der Waals surface area (Å²) in [6, 6.07) is 7.94. The van der Waals surface area contributed by atoms with E-state index in [1.54, 1.807) is 30.5 Å². The van der Waals surface area contributed by atoms with E-state index >= 15 is 0 Å². The quantitative estimate of drug-likeness (QED) is 0.757. The Bertz CT molecular complexity index is 876. The first kappa shape index (κ1) is 14.8. The number of hydrogen-bond acceptors (Lipinski definition) is 4. The standard InChI is InChI=1S/C16H14FN3O3/c1-23-15-10(3-2-4-11(15)17)9-19-12-5-6-13-18-7-8-20(13)14(12)16(21)22/h2-8,19H,9H2,1H3,(H,21,22). The number of aromatic nitrogens is 2. The minimum atomic E-state index is -1.08. The molecule has 0 unspecified atom stereocenters. The van der Waals surface area contributed by atoms with Gasteiger partial charge in [-0.25, -0.2) is 14.2 Å². The maximum Gasteiger partial charge on any atom is 0.355 e. The molecule has 7 heteroatoms. The van der Waals surface area contributed by atoms with Gasteiger partial charge >= 0.3 is 5.97 Å². The summed E-state index contributed by atoms with van der Waals surface area (Å²) in [5.74, 6) is -1.40. The number of carboxylic acid groups (broad SMARTS) is 1. The van der Waals surface area contributed by atoms with E-state index in [-0.39, 0.29) is 18.0 Å². The van der Waals surface area contributed by atoms with Crippen LogP contribution in [0.4, 0.5) is 10.1 Å². The summed E-state index contributed by atoms with van der Waals surface area (Å²) in [5.41, 5.74) is 1.61. The predicted octanol–water partition coefficient (Wildman–Crippen LogP) is 2.79. The number of benzene rings is 1. The minimum absolute atomic E-state index is 0.0652. The molecule has 2 aromatic heterocycles. The average molecular weight is 315 g/mol. The third-order valence-corrected chi connectivity index (χ3v) is 3.49. The van der Waals surface area contributed by atoms with Gasteiger partial charge in [-0.15, -0.1) is 0 Å². The summed E-state index contributed by atoms with van der Waals surface area (Å²) in [4.78, 5) is 15.6. The fourth-order valence-corrected chi connectivity index (χ4v) is 2.47. The van der Waals surface area contributed by atoms with Crippen LogP contribution in [-0.2, 0) is 6.54 Å². The maximum absolute atomic E-state index is 13.7. The number of carboxylic acids is 1. The Kier molecular flexibility index (Phi) is 3.84. The van der Waals surface area contributed by atoms with Crippen molar-refractivity contribution in [2.45, 2.75) is 6.54 Å². The molecule has 0 amide bonds. The number of rotatable bonds is 5. The molecule has 0 saturated carbocycles. The molecule has 3 rings (SSSR count). The molecule has 0 aliphatic carbocycles. The van der Waals surface area contributed by atoms with Gasteiger partial charge < -0.3 is 15.2 Å². The van der Waals surface area contributed by atoms with Crippen LogP contribution in [-0.4, -0.2) is 27.6 Å². The van der Waals surface area contributed by atoms with Gasteiger partial charge in [0.1, 0.15) is 5.65 Å². The zero-order valence-electron chi connectivity index (χ0n) is 12.3. The number of ether oxygens (including phenoxy) is 1. The Balaban J connectivity index is 1.95. The van der Waals surface area contributed by atoms with Gasteiger partial charge in [0.25, 0.3) is 0 Å². The highest BCUT2D eigenvalue weighted by molar-refractivity contribution is 5.93. The van der Waals surface area contributed by atoms with Crippen molar-refractivity contribution >= 4 is 17.3 Å². The van der Waals surface area contributed by atoms with Crippen molar-refractivity contribution in [1.29, 1.82) is 0 Å². The molecule has 0 atom stereocenters. The number of imidazole rings is 1. The molecule has 0 aliphatic heterocycles. The summed E-state index contributed by atoms with van der Waals surface area (Å²) in [6.07, 6.45) is 3.11. The monoisotopic (exact) mass is 315 g/mol. The number of nitrogens with zero attached hydrogens (tertiary/aromatic N) is 2. The molecule has 2 N–H and O–H groups in total. The smallest absolute Gasteiger partial charge is 0.355 e. The number of carbonyl (C=O) groups is 1. The van der Waals surface area contributed by atoms with Crippen molar-refractivity contribution in [3.05, 3.63) is 59.8 Å². The van der Waals surface area contributed by atoms with Crippen molar-refractivity contribution in [1.82, 2.24) is 9.38 Å². The normalized spacial score (nSPS) is 10.7. The lowest BCUT2D eigenvalue weighted by Crippen LogP contribution is -2.11. The lowest BCUT2D eigenvalue weighted by atomic mass is 10.2. The van der Waals surface area contributed by atoms with E-state index in [9.17, 15) is 14.3 Å². The molecule has 0 saturated heterocycles. The van der Waals surface area contributed by atoms with Crippen molar-refractivity contribution in [2.24, 2.45) is 0 Å². The topological polar surface area (TPSA) is 75.9 Å². The van der Waals surface area contributed by atoms with Crippen molar-refractivity contribution in [3.63, 3.8) is 0 Å². The van der Waals surface area contributed by atoms with E-state index in [1.165, 1.54) is 23.8 Å². The molecule has 0 fully saturated rings. The number of anilines is 1. The molecule has 0 bridgehead atoms. The van der Waals surface area contributed by atoms with Crippen molar-refractivity contribution in [2.75, 3.05) is 12.4 Å². The molecule has 0 radical (unpaired) electrons. The number of para-hydroxylation sites is 1. The third kappa shape index (κ3) is 2.68. The van der Waals surface area contributed by atoms with Gasteiger partial charge in [-0.3, -0.25) is 4.40 Å². The molecule has 6 nitrogen and oxygen atoms in total. The Hall–Kier alpha value is -3.09. The van der Waals surface area contributed by atoms with Gasteiger partial charge in [-0.2, -0.15) is 0 Å². The van der Waals surface area contributed by atoms with Gasteiger partial charge in [-0.1, -0.05) is 12.1 Å². The molecule has 3 aromatic rings. The fraction of sp³-hybridized carbons (Fsp3) is 0.125. The Morgan fingerprint density at radius 1 is 1.39 bits per heavy atom. The SMILES string of the molecule is COc1c(F)cccc1CNc1ccc2nccn2c1C(=O)O. The third-order valence-electron chi connectivity index (χ3n) is 3.49. The summed E-state index contributed by atoms with van der Waals surface area (Å²) in [7, 11) is 1.39. The van der Waals surface area contributed by atoms with Crippen LogP contribution in [0.5, 0.6) is 5.75 Å². The van der Waals surface area contributed by atoms with Gasteiger partial charge in [0.05, 0.1) is 12.8 Å². The van der Waals surface area contributed by atoms with Crippen LogP contribution in [0.15, 0.2) is 42.7 Å². The molecule has 2 heterocycles. The Morgan fingerprint density at radius 3 is 2.96 bits per heavy atom. The fourth-order valence-electron chi connectivity index (χ4n) is 2.47. The van der Waals surface area contributed by atoms with Crippen molar-refractivity contribution < 1.29 is 19.0 Å². The van der Waals surface area contributed by atoms with Crippen LogP contribution in [0.3, 0.4) is 0 Å². The molecule has 118 valence electrons. The number of pyridine rings is 1. The number of nitrogens with one attached hydrogen (secondary N) is 1. The largest absolute Gasteiger partial charge is 0.493 e. The molecule has 23 heavy (non-hydrogen) atoms. The highest BCUT2D eigenvalue weighted by Gasteiger charge is 2.16. The van der Waals surface area contributed by atoms with E-state index in [2.05, 4.69) is 10.3 Å². The summed E-state index contributed by atoms with van der Waals surface area (Å²) < 4.78 is 20.2. The highest BCUT2D eigenvalue weighted by atomic mass is 19.1. The first-order valence-electron chi connectivity index (χ1n) is 6.86. The van der Waals surface area contributed by atoms with Crippen LogP contribution < -0.4 is 10.1 Å². The zero-order valence-corrected chi connectivity index (χ0v) is 12.3. The van der Waals surface area contributed by atoms with E-state index in [0.29, 0.717) is 16.9 Å². The number of methoxy groups -OCH3 is 1. The molecular formula is C16H14FN3O3. The lowest BCUT2D eigenvalue weighted by Gasteiger charge is -2.13. The zero-order chi connectivity index (χ0) is 16.4. The van der Waals surface area contributed by atoms with E-state index in [0.717, 1.165) is 0 Å². The highest BCUT2D eigenvalue weighted by Crippen LogP contribution is 2.24. The van der Waals surface area contributed by atoms with E-state index in [4.69, 9.17) is 4.74 Å². The Labute approximate surface area is 131 Å². The average Bonchev–Trinajstić information content (AvgIpc) is 3.00. The summed E-state index contributed by atoms with van der Waals surface area (Å²) in [5, 5.41) is 12.5. The van der Waals surface area contributed by atoms with Gasteiger partial charge in [-0.05, 0) is 18.2 Å². The second kappa shape index (κ2) is 5.96. The number of hydrogen-bond donors (Lipinski definition) is 2. The first-order valence-corrected chi connectivity index (χ1v) is 6.86. The van der Waals surface area contributed by atoms with Crippen molar-refractivity contribution in [3.8, 4) is 5.75 Å². The number of aromatic carboxylic acids is 1. The van der Waals surface area contributed by atoms with E-state index in [1.807, 2.05) is 0 Å². The molecule has 1 aromatic carbocycles. The van der Waals surface area contributed by atoms with E-state index < -0.39 is 11.8 Å². The van der Waals surface area contributed by atoms with Gasteiger partial charge in [0.15, 0.2) is 17.3 Å². The Morgan fingerprint density at radius 2 is 2.22 bits per heavy atom. The number of fused-ring (bicyclic) bond motifs is 1. The first-order chi connectivity index (χ1) is 11.1. The molecular weight excluding hydrogens is 301 g/mol. The minimum Gasteiger partial charge on any atom is -0.493 e. The van der Waals surface area contributed by atoms with Crippen LogP contribution in [0.1, 0.15) is 16.1 Å². The maximum atomic E-state index is 13.7. The van der Waals surface area contributed by atoms with Crippen LogP contribution >= 0.6 is 0 Å². The second-order valence-electron chi connectivity index (χ2n) is 4.84. The summed E-state index contributed by atoms with van der Waals surface area (Å²) >= 11 is 0. The van der Waals surface area contributed by atoms with Gasteiger partial charge in [0, 0.05) is 24.5 Å².